The van der Waals surface area contributed by atoms with Gasteiger partial charge < -0.3 is 24.4 Å². The maximum Gasteiger partial charge on any atom is 0.261 e. The number of rotatable bonds is 10. The summed E-state index contributed by atoms with van der Waals surface area (Å²) < 4.78 is 17.2. The minimum absolute atomic E-state index is 0.145. The third-order valence-electron chi connectivity index (χ3n) is 5.80. The van der Waals surface area contributed by atoms with Crippen LogP contribution in [0.1, 0.15) is 38.2 Å². The van der Waals surface area contributed by atoms with Gasteiger partial charge in [0.2, 0.25) is 5.91 Å². The van der Waals surface area contributed by atoms with Crippen LogP contribution >= 0.6 is 15.9 Å². The largest absolute Gasteiger partial charge is 0.496 e. The molecule has 0 radical (unpaired) electrons. The van der Waals surface area contributed by atoms with E-state index in [0.717, 1.165) is 35.7 Å². The second kappa shape index (κ2) is 11.9. The Morgan fingerprint density at radius 2 is 1.70 bits per heavy atom. The molecule has 0 saturated heterocycles. The van der Waals surface area contributed by atoms with Crippen molar-refractivity contribution in [3.05, 3.63) is 52.5 Å². The number of hydrogen-bond acceptors (Lipinski definition) is 5. The smallest absolute Gasteiger partial charge is 0.261 e. The number of carbonyl (C=O) groups is 2. The van der Waals surface area contributed by atoms with Crippen molar-refractivity contribution in [3.8, 4) is 17.2 Å². The average molecular weight is 519 g/mol. The van der Waals surface area contributed by atoms with E-state index in [4.69, 9.17) is 14.2 Å². The molecule has 0 spiro atoms. The zero-order chi connectivity index (χ0) is 23.8. The van der Waals surface area contributed by atoms with Crippen LogP contribution in [-0.4, -0.2) is 49.6 Å². The molecule has 1 atom stereocenters. The first kappa shape index (κ1) is 24.9. The molecule has 0 unspecified atom stereocenters. The predicted octanol–water partition coefficient (Wildman–Crippen LogP) is 4.32. The molecule has 33 heavy (non-hydrogen) atoms. The highest BCUT2D eigenvalue weighted by Gasteiger charge is 2.28. The average Bonchev–Trinajstić information content (AvgIpc) is 3.33. The van der Waals surface area contributed by atoms with Crippen LogP contribution in [0.15, 0.2) is 46.9 Å². The van der Waals surface area contributed by atoms with E-state index in [1.807, 2.05) is 24.3 Å². The molecule has 0 heterocycles. The molecule has 0 aromatic heterocycles. The van der Waals surface area contributed by atoms with Crippen molar-refractivity contribution < 1.29 is 23.8 Å². The molecule has 3 rings (SSSR count). The molecule has 1 aliphatic carbocycles. The Bertz CT molecular complexity index is 939. The number of carbonyl (C=O) groups excluding carboxylic acids is 2. The number of nitrogens with zero attached hydrogens (tertiary/aromatic N) is 1. The Hall–Kier alpha value is -2.74. The number of ether oxygens (including phenoxy) is 3. The Balaban J connectivity index is 1.74. The Morgan fingerprint density at radius 1 is 1.06 bits per heavy atom. The summed E-state index contributed by atoms with van der Waals surface area (Å²) in [6.45, 7) is 1.84. The van der Waals surface area contributed by atoms with Gasteiger partial charge >= 0.3 is 0 Å². The number of methoxy groups -OCH3 is 2. The van der Waals surface area contributed by atoms with Crippen molar-refractivity contribution in [2.45, 2.75) is 51.2 Å². The van der Waals surface area contributed by atoms with Crippen molar-refractivity contribution in [3.63, 3.8) is 0 Å². The lowest BCUT2D eigenvalue weighted by molar-refractivity contribution is -0.142. The first-order valence-corrected chi connectivity index (χ1v) is 11.9. The monoisotopic (exact) mass is 518 g/mol. The lowest BCUT2D eigenvalue weighted by atomic mass is 10.1. The molecule has 1 saturated carbocycles. The Morgan fingerprint density at radius 3 is 2.30 bits per heavy atom. The van der Waals surface area contributed by atoms with E-state index in [2.05, 4.69) is 21.2 Å². The van der Waals surface area contributed by atoms with Crippen LogP contribution in [0.25, 0.3) is 0 Å². The van der Waals surface area contributed by atoms with E-state index in [0.29, 0.717) is 23.8 Å². The minimum Gasteiger partial charge on any atom is -0.496 e. The Kier molecular flexibility index (Phi) is 9.00. The van der Waals surface area contributed by atoms with E-state index in [1.165, 1.54) is 0 Å². The highest BCUT2D eigenvalue weighted by atomic mass is 79.9. The van der Waals surface area contributed by atoms with Gasteiger partial charge in [0, 0.05) is 35.3 Å². The van der Waals surface area contributed by atoms with Gasteiger partial charge in [-0.1, -0.05) is 40.9 Å². The van der Waals surface area contributed by atoms with E-state index >= 15 is 0 Å². The van der Waals surface area contributed by atoms with Gasteiger partial charge in [0.1, 0.15) is 23.3 Å². The highest BCUT2D eigenvalue weighted by Crippen LogP contribution is 2.27. The van der Waals surface area contributed by atoms with Crippen LogP contribution in [0, 0.1) is 0 Å². The molecule has 1 fully saturated rings. The molecule has 2 amide bonds. The number of hydrogen-bond donors (Lipinski definition) is 1. The normalized spacial score (nSPS) is 14.4. The number of amides is 2. The molecular weight excluding hydrogens is 488 g/mol. The Labute approximate surface area is 203 Å². The fourth-order valence-corrected chi connectivity index (χ4v) is 4.35. The van der Waals surface area contributed by atoms with Gasteiger partial charge in [-0.3, -0.25) is 9.59 Å². The molecule has 7 nitrogen and oxygen atoms in total. The third kappa shape index (κ3) is 7.12. The van der Waals surface area contributed by atoms with E-state index in [1.54, 1.807) is 44.2 Å². The lowest BCUT2D eigenvalue weighted by Crippen LogP contribution is -2.50. The summed E-state index contributed by atoms with van der Waals surface area (Å²) in [5.74, 6) is 1.14. The quantitative estimate of drug-likeness (QED) is 0.506. The minimum atomic E-state index is -0.638. The number of halogens is 1. The van der Waals surface area contributed by atoms with Crippen LogP contribution < -0.4 is 19.5 Å². The summed E-state index contributed by atoms with van der Waals surface area (Å²) in [6.07, 6.45) is 4.22. The number of nitrogens with one attached hydrogen (secondary N) is 1. The molecule has 0 aliphatic heterocycles. The van der Waals surface area contributed by atoms with Crippen LogP contribution in [-0.2, 0) is 16.1 Å². The zero-order valence-electron chi connectivity index (χ0n) is 19.3. The summed E-state index contributed by atoms with van der Waals surface area (Å²) >= 11 is 3.47. The third-order valence-corrected chi connectivity index (χ3v) is 6.29. The summed E-state index contributed by atoms with van der Waals surface area (Å²) in [7, 11) is 3.10. The van der Waals surface area contributed by atoms with Crippen LogP contribution in [0.4, 0.5) is 0 Å². The fourth-order valence-electron chi connectivity index (χ4n) is 3.90. The van der Waals surface area contributed by atoms with Crippen molar-refractivity contribution in [1.82, 2.24) is 10.2 Å². The van der Waals surface area contributed by atoms with Crippen LogP contribution in [0.5, 0.6) is 17.2 Å². The fraction of sp³-hybridized carbons (Fsp3) is 0.440. The van der Waals surface area contributed by atoms with Gasteiger partial charge in [0.15, 0.2) is 6.61 Å². The summed E-state index contributed by atoms with van der Waals surface area (Å²) in [6, 6.07) is 12.3. The first-order valence-electron chi connectivity index (χ1n) is 11.1. The highest BCUT2D eigenvalue weighted by molar-refractivity contribution is 9.10. The second-order valence-electron chi connectivity index (χ2n) is 8.15. The van der Waals surface area contributed by atoms with Gasteiger partial charge in [-0.15, -0.1) is 0 Å². The van der Waals surface area contributed by atoms with Crippen LogP contribution in [0.2, 0.25) is 0 Å². The maximum absolute atomic E-state index is 13.2. The van der Waals surface area contributed by atoms with E-state index in [-0.39, 0.29) is 24.5 Å². The summed E-state index contributed by atoms with van der Waals surface area (Å²) in [5.41, 5.74) is 0.918. The number of benzene rings is 2. The van der Waals surface area contributed by atoms with E-state index in [9.17, 15) is 9.59 Å². The molecule has 1 aliphatic rings. The molecule has 8 heteroatoms. The molecular formula is C25H31BrN2O5. The first-order chi connectivity index (χ1) is 15.9. The molecule has 178 valence electrons. The van der Waals surface area contributed by atoms with Gasteiger partial charge in [-0.25, -0.2) is 0 Å². The van der Waals surface area contributed by atoms with Gasteiger partial charge in [-0.2, -0.15) is 0 Å². The summed E-state index contributed by atoms with van der Waals surface area (Å²) in [4.78, 5) is 27.8. The SMILES string of the molecule is COc1cc(OC)cc(OCC(=O)N(Cc2cccc(Br)c2)[C@H](C)C(=O)NC2CCCC2)c1. The molecule has 2 aromatic rings. The predicted molar refractivity (Wildman–Crippen MR) is 130 cm³/mol. The van der Waals surface area contributed by atoms with E-state index < -0.39 is 6.04 Å². The van der Waals surface area contributed by atoms with Crippen molar-refractivity contribution in [2.24, 2.45) is 0 Å². The second-order valence-corrected chi connectivity index (χ2v) is 9.07. The lowest BCUT2D eigenvalue weighted by Gasteiger charge is -2.29. The van der Waals surface area contributed by atoms with Gasteiger partial charge in [-0.05, 0) is 37.5 Å². The molecule has 1 N–H and O–H groups in total. The zero-order valence-corrected chi connectivity index (χ0v) is 20.9. The van der Waals surface area contributed by atoms with Crippen molar-refractivity contribution >= 4 is 27.7 Å². The van der Waals surface area contributed by atoms with Crippen molar-refractivity contribution in [2.75, 3.05) is 20.8 Å². The maximum atomic E-state index is 13.2. The molecule has 2 aromatic carbocycles. The summed E-state index contributed by atoms with van der Waals surface area (Å²) in [5, 5.41) is 3.10. The standard InChI is InChI=1S/C25H31BrN2O5/c1-17(25(30)27-20-9-4-5-10-20)28(15-18-7-6-8-19(26)11-18)24(29)16-33-23-13-21(31-2)12-22(14-23)32-3/h6-8,11-14,17,20H,4-5,9-10,15-16H2,1-3H3,(H,27,30)/t17-/m1/s1. The van der Waals surface area contributed by atoms with Crippen LogP contribution in [0.3, 0.4) is 0 Å². The van der Waals surface area contributed by atoms with Gasteiger partial charge in [0.05, 0.1) is 14.2 Å². The molecule has 0 bridgehead atoms. The van der Waals surface area contributed by atoms with Gasteiger partial charge in [0.25, 0.3) is 5.91 Å². The topological polar surface area (TPSA) is 77.1 Å². The van der Waals surface area contributed by atoms with Crippen molar-refractivity contribution in [1.29, 1.82) is 0 Å².